The van der Waals surface area contributed by atoms with Crippen LogP contribution in [0.4, 0.5) is 5.69 Å². The highest BCUT2D eigenvalue weighted by molar-refractivity contribution is 5.99. The van der Waals surface area contributed by atoms with Crippen LogP contribution >= 0.6 is 0 Å². The number of carbonyl (C=O) groups is 1. The van der Waals surface area contributed by atoms with E-state index in [2.05, 4.69) is 39.8 Å². The molecular weight excluding hydrogens is 492 g/mol. The fourth-order valence-electron chi connectivity index (χ4n) is 10.6. The molecule has 1 N–H and O–H groups in total. The second-order valence-corrected chi connectivity index (χ2v) is 14.3. The van der Waals surface area contributed by atoms with E-state index in [0.29, 0.717) is 16.9 Å². The molecule has 5 saturated carbocycles. The summed E-state index contributed by atoms with van der Waals surface area (Å²) in [7, 11) is 0. The normalized spacial score (nSPS) is 29.4. The lowest BCUT2D eigenvalue weighted by Gasteiger charge is -2.57. The Labute approximate surface area is 238 Å². The molecule has 0 atom stereocenters. The van der Waals surface area contributed by atoms with Gasteiger partial charge in [-0.15, -0.1) is 0 Å². The smallest absolute Gasteiger partial charge is 0.335 e. The minimum Gasteiger partial charge on any atom is -0.478 e. The molecule has 0 radical (unpaired) electrons. The van der Waals surface area contributed by atoms with E-state index in [0.717, 1.165) is 42.9 Å². The number of rotatable bonds is 6. The van der Waals surface area contributed by atoms with Crippen molar-refractivity contribution in [3.8, 4) is 11.3 Å². The van der Waals surface area contributed by atoms with Gasteiger partial charge in [-0.05, 0) is 117 Å². The van der Waals surface area contributed by atoms with Gasteiger partial charge in [-0.3, -0.25) is 0 Å². The molecule has 2 aromatic carbocycles. The first-order valence-corrected chi connectivity index (χ1v) is 16.3. The third-order valence-electron chi connectivity index (χ3n) is 11.8. The van der Waals surface area contributed by atoms with Gasteiger partial charge in [0.1, 0.15) is 0 Å². The summed E-state index contributed by atoms with van der Waals surface area (Å²) in [4.78, 5) is 14.6. The van der Waals surface area contributed by atoms with Crippen LogP contribution in [-0.4, -0.2) is 28.7 Å². The van der Waals surface area contributed by atoms with Crippen LogP contribution in [0.25, 0.3) is 22.2 Å². The quantitative estimate of drug-likeness (QED) is 0.342. The zero-order valence-corrected chi connectivity index (χ0v) is 23.9. The van der Waals surface area contributed by atoms with Crippen LogP contribution in [0.1, 0.15) is 105 Å². The maximum Gasteiger partial charge on any atom is 0.335 e. The Morgan fingerprint density at radius 2 is 1.62 bits per heavy atom. The second kappa shape index (κ2) is 9.67. The van der Waals surface area contributed by atoms with E-state index in [1.54, 1.807) is 0 Å². The number of fused-ring (bicyclic) bond motifs is 5. The first kappa shape index (κ1) is 25.0. The first-order chi connectivity index (χ1) is 19.6. The highest BCUT2D eigenvalue weighted by Gasteiger charge is 2.50. The number of anilines is 1. The van der Waals surface area contributed by atoms with E-state index in [1.165, 1.54) is 111 Å². The molecule has 4 nitrogen and oxygen atoms in total. The summed E-state index contributed by atoms with van der Waals surface area (Å²) >= 11 is 0. The molecule has 40 heavy (non-hydrogen) atoms. The average Bonchev–Trinajstić information content (AvgIpc) is 3.18. The van der Waals surface area contributed by atoms with E-state index in [-0.39, 0.29) is 0 Å². The van der Waals surface area contributed by atoms with Gasteiger partial charge in [0.15, 0.2) is 0 Å². The average molecular weight is 537 g/mol. The molecule has 5 fully saturated rings. The fourth-order valence-corrected chi connectivity index (χ4v) is 10.6. The number of hydrogen-bond donors (Lipinski definition) is 1. The van der Waals surface area contributed by atoms with Crippen LogP contribution in [0, 0.1) is 23.2 Å². The van der Waals surface area contributed by atoms with Gasteiger partial charge in [0.25, 0.3) is 0 Å². The van der Waals surface area contributed by atoms with Crippen LogP contribution in [0.3, 0.4) is 0 Å². The number of benzene rings is 2. The Morgan fingerprint density at radius 3 is 2.35 bits per heavy atom. The number of carboxylic acids is 1. The van der Waals surface area contributed by atoms with Crippen molar-refractivity contribution in [3.05, 3.63) is 53.6 Å². The molecule has 1 aromatic heterocycles. The first-order valence-electron chi connectivity index (χ1n) is 16.3. The molecule has 9 rings (SSSR count). The van der Waals surface area contributed by atoms with Gasteiger partial charge in [-0.25, -0.2) is 4.79 Å². The summed E-state index contributed by atoms with van der Waals surface area (Å²) in [5, 5.41) is 11.1. The molecule has 3 aromatic rings. The van der Waals surface area contributed by atoms with Gasteiger partial charge in [0.05, 0.1) is 11.3 Å². The van der Waals surface area contributed by atoms with E-state index in [1.807, 2.05) is 12.1 Å². The van der Waals surface area contributed by atoms with Crippen molar-refractivity contribution in [1.29, 1.82) is 0 Å². The Hall–Kier alpha value is -2.75. The van der Waals surface area contributed by atoms with Crippen molar-refractivity contribution < 1.29 is 9.90 Å². The second-order valence-electron chi connectivity index (χ2n) is 14.3. The highest BCUT2D eigenvalue weighted by atomic mass is 16.4. The van der Waals surface area contributed by atoms with E-state index in [4.69, 9.17) is 0 Å². The number of carboxylic acid groups (broad SMARTS) is 1. The molecule has 0 unspecified atom stereocenters. The number of para-hydroxylation sites is 1. The number of aromatic carboxylic acids is 1. The maximum absolute atomic E-state index is 12.0. The molecule has 4 bridgehead atoms. The zero-order chi connectivity index (χ0) is 26.8. The number of aromatic nitrogens is 1. The fraction of sp³-hybridized carbons (Fsp3) is 0.583. The van der Waals surface area contributed by atoms with Crippen molar-refractivity contribution in [1.82, 2.24) is 4.57 Å². The number of nitrogens with zero attached hydrogens (tertiary/aromatic N) is 2. The standard InChI is InChI=1S/C36H44N2O2/c39-35(40)28-11-12-29-32(20-28)38-16-15-37(14-6-13-36-21-24-17-25(22-36)19-26(18-24)23-36)31-10-5-4-9-30(31)34(38)33(29)27-7-2-1-3-8-27/h4-5,9-12,20,24-27H,1-3,6-8,13-19,21-23H2,(H,39,40). The molecular formula is C36H44N2O2. The maximum atomic E-state index is 12.0. The summed E-state index contributed by atoms with van der Waals surface area (Å²) in [6, 6.07) is 15.0. The van der Waals surface area contributed by atoms with E-state index >= 15 is 0 Å². The van der Waals surface area contributed by atoms with Crippen molar-refractivity contribution in [2.45, 2.75) is 95.9 Å². The summed E-state index contributed by atoms with van der Waals surface area (Å²) in [5.74, 6) is 2.80. The molecule has 4 heteroatoms. The van der Waals surface area contributed by atoms with Crippen LogP contribution in [0.15, 0.2) is 42.5 Å². The summed E-state index contributed by atoms with van der Waals surface area (Å²) in [5.41, 5.74) is 7.73. The minimum absolute atomic E-state index is 0.396. The van der Waals surface area contributed by atoms with Gasteiger partial charge in [0.2, 0.25) is 0 Å². The number of hydrogen-bond acceptors (Lipinski definition) is 2. The predicted molar refractivity (Wildman–Crippen MR) is 162 cm³/mol. The molecule has 0 saturated heterocycles. The molecule has 2 heterocycles. The largest absolute Gasteiger partial charge is 0.478 e. The third kappa shape index (κ3) is 4.11. The Morgan fingerprint density at radius 1 is 0.900 bits per heavy atom. The molecule has 0 spiro atoms. The highest BCUT2D eigenvalue weighted by Crippen LogP contribution is 2.61. The van der Waals surface area contributed by atoms with Gasteiger partial charge in [0, 0.05) is 41.8 Å². The van der Waals surface area contributed by atoms with Crippen LogP contribution in [0.5, 0.6) is 0 Å². The molecule has 6 aliphatic rings. The van der Waals surface area contributed by atoms with Crippen LogP contribution < -0.4 is 4.90 Å². The SMILES string of the molecule is O=C(O)c1ccc2c(C3CCCCC3)c3n(c2c1)CCN(CCCC12CC4CC(CC(C4)C1)C2)c1ccccc1-3. The van der Waals surface area contributed by atoms with Crippen molar-refractivity contribution in [2.75, 3.05) is 18.0 Å². The van der Waals surface area contributed by atoms with Crippen LogP contribution in [-0.2, 0) is 6.54 Å². The summed E-state index contributed by atoms with van der Waals surface area (Å²) in [6.07, 6.45) is 18.2. The molecule has 5 aliphatic carbocycles. The molecule has 210 valence electrons. The Balaban J connectivity index is 1.14. The molecule has 0 amide bonds. The molecule has 1 aliphatic heterocycles. The summed E-state index contributed by atoms with van der Waals surface area (Å²) < 4.78 is 2.49. The lowest BCUT2D eigenvalue weighted by molar-refractivity contribution is -0.0578. The third-order valence-corrected chi connectivity index (χ3v) is 11.8. The minimum atomic E-state index is -0.836. The van der Waals surface area contributed by atoms with Gasteiger partial charge < -0.3 is 14.6 Å². The summed E-state index contributed by atoms with van der Waals surface area (Å²) in [6.45, 7) is 3.02. The lowest BCUT2D eigenvalue weighted by atomic mass is 9.48. The topological polar surface area (TPSA) is 45.5 Å². The van der Waals surface area contributed by atoms with Crippen molar-refractivity contribution in [3.63, 3.8) is 0 Å². The van der Waals surface area contributed by atoms with Crippen molar-refractivity contribution >= 4 is 22.6 Å². The monoisotopic (exact) mass is 536 g/mol. The van der Waals surface area contributed by atoms with E-state index < -0.39 is 5.97 Å². The zero-order valence-electron chi connectivity index (χ0n) is 23.9. The lowest BCUT2D eigenvalue weighted by Crippen LogP contribution is -2.46. The Kier molecular flexibility index (Phi) is 6.04. The predicted octanol–water partition coefficient (Wildman–Crippen LogP) is 8.87. The van der Waals surface area contributed by atoms with Crippen LogP contribution in [0.2, 0.25) is 0 Å². The Bertz CT molecular complexity index is 1410. The van der Waals surface area contributed by atoms with E-state index in [9.17, 15) is 9.90 Å². The van der Waals surface area contributed by atoms with Crippen molar-refractivity contribution in [2.24, 2.45) is 23.2 Å². The van der Waals surface area contributed by atoms with Gasteiger partial charge >= 0.3 is 5.97 Å². The van der Waals surface area contributed by atoms with Gasteiger partial charge in [-0.2, -0.15) is 0 Å². The van der Waals surface area contributed by atoms with Gasteiger partial charge in [-0.1, -0.05) is 43.5 Å².